The van der Waals surface area contributed by atoms with E-state index in [1.807, 2.05) is 0 Å². The highest BCUT2D eigenvalue weighted by Gasteiger charge is 2.61. The minimum Gasteiger partial charge on any atom is -0.482 e. The van der Waals surface area contributed by atoms with E-state index in [4.69, 9.17) is 19.0 Å². The van der Waals surface area contributed by atoms with Gasteiger partial charge in [0.1, 0.15) is 11.3 Å². The number of benzene rings is 4. The van der Waals surface area contributed by atoms with E-state index in [0.29, 0.717) is 10.8 Å². The molecule has 2 unspecified atom stereocenters. The molecule has 0 saturated carbocycles. The number of aromatic nitrogens is 8. The lowest BCUT2D eigenvalue weighted by atomic mass is 10.1. The molecular formula is C44H22Br4F16N8O4. The lowest BCUT2D eigenvalue weighted by Gasteiger charge is -2.32. The summed E-state index contributed by atoms with van der Waals surface area (Å²) in [5, 5.41) is -7.42. The second kappa shape index (κ2) is 19.9. The molecule has 2 aliphatic heterocycles. The molecule has 0 saturated heterocycles. The van der Waals surface area contributed by atoms with Crippen LogP contribution in [0.15, 0.2) is 78.9 Å². The van der Waals surface area contributed by atoms with Crippen molar-refractivity contribution in [1.29, 1.82) is 0 Å². The molecule has 7 aromatic rings. The van der Waals surface area contributed by atoms with E-state index in [-0.39, 0.29) is 50.3 Å². The molecule has 0 spiro atoms. The second-order valence-electron chi connectivity index (χ2n) is 16.0. The van der Waals surface area contributed by atoms with E-state index in [2.05, 4.69) is 98.6 Å². The third-order valence-corrected chi connectivity index (χ3v) is 14.0. The molecule has 9 rings (SSSR count). The second-order valence-corrected chi connectivity index (χ2v) is 21.0. The summed E-state index contributed by atoms with van der Waals surface area (Å²) in [5.41, 5.74) is -1.90. The average molecular weight is 1350 g/mol. The quantitative estimate of drug-likeness (QED) is 0.0736. The molecule has 2 aliphatic rings. The topological polar surface area (TPSA) is 135 Å². The summed E-state index contributed by atoms with van der Waals surface area (Å²) in [4.78, 5) is 35.4. The van der Waals surface area contributed by atoms with Crippen LogP contribution in [-0.4, -0.2) is 109 Å². The van der Waals surface area contributed by atoms with Gasteiger partial charge in [0.2, 0.25) is 15.8 Å². The van der Waals surface area contributed by atoms with Gasteiger partial charge in [-0.15, -0.1) is 4.73 Å². The van der Waals surface area contributed by atoms with Gasteiger partial charge in [0, 0.05) is 38.4 Å². The van der Waals surface area contributed by atoms with E-state index < -0.39 is 126 Å². The molecule has 5 heterocycles. The van der Waals surface area contributed by atoms with Crippen LogP contribution in [-0.2, 0) is 0 Å². The fraction of sp³-hybridized carbons (Fsp3) is 0.273. The molecule has 402 valence electrons. The monoisotopic (exact) mass is 1350 g/mol. The molecule has 0 radical (unpaired) electrons. The maximum atomic E-state index is 15.2. The van der Waals surface area contributed by atoms with Gasteiger partial charge in [0.25, 0.3) is 3.42 Å². The fourth-order valence-corrected chi connectivity index (χ4v) is 8.78. The van der Waals surface area contributed by atoms with Gasteiger partial charge in [-0.1, -0.05) is 72.8 Å². The first kappa shape index (κ1) is 55.0. The Hall–Kier alpha value is -5.76. The van der Waals surface area contributed by atoms with Gasteiger partial charge in [0.15, 0.2) is 52.7 Å². The molecule has 8 bridgehead atoms. The Balaban J connectivity index is 1.49. The Morgan fingerprint density at radius 3 is 1.43 bits per heavy atom. The van der Waals surface area contributed by atoms with Crippen molar-refractivity contribution in [2.75, 3.05) is 6.61 Å². The van der Waals surface area contributed by atoms with Crippen LogP contribution in [0.25, 0.3) is 89.7 Å². The number of fused-ring (bicyclic) bond motifs is 20. The first-order valence-corrected chi connectivity index (χ1v) is 24.3. The minimum absolute atomic E-state index is 0.0216. The summed E-state index contributed by atoms with van der Waals surface area (Å²) in [6.07, 6.45) is -18.0. The van der Waals surface area contributed by atoms with E-state index in [9.17, 15) is 52.7 Å². The molecular weight excluding hydrogens is 1330 g/mol. The number of nitrogens with one attached hydrogen (secondary N) is 1. The zero-order valence-electron chi connectivity index (χ0n) is 36.5. The van der Waals surface area contributed by atoms with Gasteiger partial charge in [0.05, 0.1) is 5.39 Å². The first-order valence-electron chi connectivity index (χ1n) is 20.9. The van der Waals surface area contributed by atoms with Gasteiger partial charge < -0.3 is 24.0 Å². The van der Waals surface area contributed by atoms with Gasteiger partial charge in [-0.25, -0.2) is 65.0 Å². The van der Waals surface area contributed by atoms with Gasteiger partial charge in [-0.3, -0.25) is 0 Å². The zero-order chi connectivity index (χ0) is 55.2. The predicted octanol–water partition coefficient (Wildman–Crippen LogP) is 14.4. The highest BCUT2D eigenvalue weighted by atomic mass is 79.9. The first-order chi connectivity index (χ1) is 35.6. The number of nitrogens with zero attached hydrogens (tertiary/aromatic N) is 7. The number of rotatable bonds is 16. The Kier molecular flexibility index (Phi) is 14.4. The number of H-pyrrole nitrogens is 1. The van der Waals surface area contributed by atoms with Crippen LogP contribution < -0.4 is 19.0 Å². The summed E-state index contributed by atoms with van der Waals surface area (Å²) in [6, 6.07) is 17.8. The molecule has 1 N–H and O–H groups in total. The number of ether oxygens (including phenoxy) is 3. The maximum Gasteiger partial charge on any atom is 0.366 e. The SMILES string of the molecule is FC(F)C(F)(F)COc1c(OC(Br)C(F)(F)C(F)F)c(OC(Br)(Br)C(F)(F)C(F)F)cc2c3nc4nc(nc5c6ccccc6c(nc6nc(nc([nH]3)c12)-c1ccccc1-6)n5OC(Br)C(F)(F)C(F)F)-c1ccccc1-4. The summed E-state index contributed by atoms with van der Waals surface area (Å²) in [7, 11) is 0. The van der Waals surface area contributed by atoms with Crippen molar-refractivity contribution < 1.29 is 89.3 Å². The molecule has 0 aliphatic carbocycles. The fourth-order valence-electron chi connectivity index (χ4n) is 7.33. The highest BCUT2D eigenvalue weighted by molar-refractivity contribution is 9.25. The van der Waals surface area contributed by atoms with Crippen LogP contribution >= 0.6 is 63.7 Å². The van der Waals surface area contributed by atoms with Crippen molar-refractivity contribution >= 4 is 108 Å². The Bertz CT molecular complexity index is 3590. The minimum atomic E-state index is -5.35. The van der Waals surface area contributed by atoms with E-state index in [1.54, 1.807) is 0 Å². The number of alkyl halides is 20. The number of halogens is 20. The van der Waals surface area contributed by atoms with Crippen molar-refractivity contribution in [2.45, 2.75) is 62.8 Å². The van der Waals surface area contributed by atoms with Crippen molar-refractivity contribution in [3.63, 3.8) is 0 Å². The van der Waals surface area contributed by atoms with Crippen LogP contribution in [0.2, 0.25) is 0 Å². The maximum absolute atomic E-state index is 15.2. The third kappa shape index (κ3) is 9.60. The average Bonchev–Trinajstić information content (AvgIpc) is 4.11. The smallest absolute Gasteiger partial charge is 0.366 e. The van der Waals surface area contributed by atoms with Crippen LogP contribution in [0, 0.1) is 0 Å². The summed E-state index contributed by atoms with van der Waals surface area (Å²) in [6.45, 7) is -2.44. The van der Waals surface area contributed by atoms with Crippen LogP contribution in [0.5, 0.6) is 17.2 Å². The molecule has 4 aromatic carbocycles. The normalized spacial score (nSPS) is 14.2. The summed E-state index contributed by atoms with van der Waals surface area (Å²) >= 11 is 9.17. The largest absolute Gasteiger partial charge is 0.482 e. The molecule has 0 fully saturated rings. The van der Waals surface area contributed by atoms with E-state index >= 15 is 17.6 Å². The molecule has 2 atom stereocenters. The van der Waals surface area contributed by atoms with E-state index in [1.165, 1.54) is 72.8 Å². The van der Waals surface area contributed by atoms with Crippen molar-refractivity contribution in [3.8, 4) is 62.8 Å². The lowest BCUT2D eigenvalue weighted by Crippen LogP contribution is -2.48. The van der Waals surface area contributed by atoms with E-state index in [0.717, 1.165) is 0 Å². The summed E-state index contributed by atoms with van der Waals surface area (Å²) in [5.74, 6) is -26.8. The van der Waals surface area contributed by atoms with Crippen molar-refractivity contribution in [2.24, 2.45) is 0 Å². The predicted molar refractivity (Wildman–Crippen MR) is 253 cm³/mol. The Morgan fingerprint density at radius 2 is 0.974 bits per heavy atom. The molecule has 12 nitrogen and oxygen atoms in total. The molecule has 3 aromatic heterocycles. The number of aromatic amines is 1. The van der Waals surface area contributed by atoms with Crippen molar-refractivity contribution in [3.05, 3.63) is 78.9 Å². The standard InChI is InChI=1S/C44H22Br4F16N8O4/c45-34(41(59,60)37(51)52)74-24-22(75-44(47,48)43(63,64)39(55)56)13-21-23(25(24)73-14-40(57,58)36(49)50)31-68-27-16-8-2-4-10-18(16)29(66-27)71-33-20-12-6-5-11-19(20)32(72(33)76-35(46)42(61,62)38(53)54)70-28-17-9-3-1-7-15(17)26(65-28)67-30(21)69-31/h1-13,34-39H,14H2,(H,65,66,67,68,69,70,71). The van der Waals surface area contributed by atoms with Gasteiger partial charge in [-0.2, -0.15) is 35.1 Å². The third-order valence-electron chi connectivity index (χ3n) is 11.1. The molecule has 32 heteroatoms. The lowest BCUT2D eigenvalue weighted by molar-refractivity contribution is -0.175. The molecule has 76 heavy (non-hydrogen) atoms. The van der Waals surface area contributed by atoms with Gasteiger partial charge >= 0.3 is 49.4 Å². The Labute approximate surface area is 445 Å². The van der Waals surface area contributed by atoms with Crippen LogP contribution in [0.1, 0.15) is 0 Å². The van der Waals surface area contributed by atoms with Gasteiger partial charge in [-0.05, 0) is 69.8 Å². The van der Waals surface area contributed by atoms with Crippen molar-refractivity contribution in [1.82, 2.24) is 39.6 Å². The molecule has 0 amide bonds. The number of hydrogen-bond acceptors (Lipinski definition) is 10. The Morgan fingerprint density at radius 1 is 0.526 bits per heavy atom. The number of hydrogen-bond donors (Lipinski definition) is 1. The highest BCUT2D eigenvalue weighted by Crippen LogP contribution is 2.54. The zero-order valence-corrected chi connectivity index (χ0v) is 42.8. The van der Waals surface area contributed by atoms with Crippen LogP contribution in [0.4, 0.5) is 70.2 Å². The van der Waals surface area contributed by atoms with Crippen LogP contribution in [0.3, 0.4) is 0 Å². The summed E-state index contributed by atoms with van der Waals surface area (Å²) < 4.78 is 243.